The van der Waals surface area contributed by atoms with E-state index in [4.69, 9.17) is 16.3 Å². The van der Waals surface area contributed by atoms with E-state index in [1.807, 2.05) is 24.3 Å². The smallest absolute Gasteiger partial charge is 0.333 e. The molecule has 22 heavy (non-hydrogen) atoms. The van der Waals surface area contributed by atoms with Gasteiger partial charge in [-0.2, -0.15) is 0 Å². The number of ether oxygens (including phenoxy) is 1. The number of benzene rings is 2. The van der Waals surface area contributed by atoms with Gasteiger partial charge < -0.3 is 10.1 Å². The standard InChI is InChI=1S/C18H18ClNO2/c1-22-18(21)17(15-7-2-3-8-16(15)19)20-14-10-9-12-5-4-6-13(12)11-14/h2-3,7-11,17,20H,4-6H2,1H3. The normalized spacial score (nSPS) is 14.3. The fourth-order valence-corrected chi connectivity index (χ4v) is 3.16. The van der Waals surface area contributed by atoms with Gasteiger partial charge in [0, 0.05) is 16.3 Å². The van der Waals surface area contributed by atoms with E-state index in [0.717, 1.165) is 24.1 Å². The Morgan fingerprint density at radius 2 is 1.95 bits per heavy atom. The first-order chi connectivity index (χ1) is 10.7. The van der Waals surface area contributed by atoms with Gasteiger partial charge in [-0.25, -0.2) is 4.79 Å². The van der Waals surface area contributed by atoms with Gasteiger partial charge in [0.15, 0.2) is 6.04 Å². The fraction of sp³-hybridized carbons (Fsp3) is 0.278. The monoisotopic (exact) mass is 315 g/mol. The minimum Gasteiger partial charge on any atom is -0.467 e. The van der Waals surface area contributed by atoms with Crippen LogP contribution in [0.3, 0.4) is 0 Å². The molecule has 3 rings (SSSR count). The molecule has 0 amide bonds. The van der Waals surface area contributed by atoms with Crippen LogP contribution in [0.15, 0.2) is 42.5 Å². The molecule has 1 atom stereocenters. The molecule has 0 bridgehead atoms. The molecule has 0 spiro atoms. The summed E-state index contributed by atoms with van der Waals surface area (Å²) in [6.07, 6.45) is 3.43. The Morgan fingerprint density at radius 1 is 1.18 bits per heavy atom. The second-order valence-corrected chi connectivity index (χ2v) is 5.87. The molecule has 114 valence electrons. The zero-order valence-electron chi connectivity index (χ0n) is 12.4. The molecule has 0 aliphatic heterocycles. The van der Waals surface area contributed by atoms with E-state index in [0.29, 0.717) is 5.02 Å². The highest BCUT2D eigenvalue weighted by Gasteiger charge is 2.24. The number of hydrogen-bond acceptors (Lipinski definition) is 3. The molecule has 1 N–H and O–H groups in total. The lowest BCUT2D eigenvalue weighted by Gasteiger charge is -2.19. The predicted molar refractivity (Wildman–Crippen MR) is 88.3 cm³/mol. The van der Waals surface area contributed by atoms with Crippen LogP contribution in [0.1, 0.15) is 29.2 Å². The number of rotatable bonds is 4. The highest BCUT2D eigenvalue weighted by molar-refractivity contribution is 6.31. The third-order valence-electron chi connectivity index (χ3n) is 4.06. The van der Waals surface area contributed by atoms with Gasteiger partial charge in [0.05, 0.1) is 7.11 Å². The van der Waals surface area contributed by atoms with Gasteiger partial charge in [0.25, 0.3) is 0 Å². The third kappa shape index (κ3) is 2.95. The predicted octanol–water partition coefficient (Wildman–Crippen LogP) is 4.15. The summed E-state index contributed by atoms with van der Waals surface area (Å²) in [6.45, 7) is 0. The number of methoxy groups -OCH3 is 1. The molecule has 3 nitrogen and oxygen atoms in total. The van der Waals surface area contributed by atoms with Gasteiger partial charge in [-0.05, 0) is 48.6 Å². The lowest BCUT2D eigenvalue weighted by Crippen LogP contribution is -2.22. The molecule has 0 radical (unpaired) electrons. The number of carbonyl (C=O) groups is 1. The van der Waals surface area contributed by atoms with E-state index in [1.165, 1.54) is 24.7 Å². The second-order valence-electron chi connectivity index (χ2n) is 5.46. The van der Waals surface area contributed by atoms with Crippen LogP contribution < -0.4 is 5.32 Å². The van der Waals surface area contributed by atoms with Crippen LogP contribution in [0, 0.1) is 0 Å². The fourth-order valence-electron chi connectivity index (χ4n) is 2.92. The minimum absolute atomic E-state index is 0.353. The summed E-state index contributed by atoms with van der Waals surface area (Å²) in [5, 5.41) is 3.81. The van der Waals surface area contributed by atoms with Crippen LogP contribution >= 0.6 is 11.6 Å². The number of aryl methyl sites for hydroxylation is 2. The van der Waals surface area contributed by atoms with Crippen molar-refractivity contribution in [2.24, 2.45) is 0 Å². The molecule has 1 aliphatic rings. The molecule has 0 fully saturated rings. The van der Waals surface area contributed by atoms with Crippen molar-refractivity contribution in [1.29, 1.82) is 0 Å². The first-order valence-electron chi connectivity index (χ1n) is 7.39. The first-order valence-corrected chi connectivity index (χ1v) is 7.77. The molecule has 2 aromatic carbocycles. The van der Waals surface area contributed by atoms with Crippen LogP contribution in [0.5, 0.6) is 0 Å². The van der Waals surface area contributed by atoms with Crippen molar-refractivity contribution in [3.8, 4) is 0 Å². The largest absolute Gasteiger partial charge is 0.467 e. The van der Waals surface area contributed by atoms with Crippen molar-refractivity contribution >= 4 is 23.3 Å². The Kier molecular flexibility index (Phi) is 4.34. The minimum atomic E-state index is -0.613. The Labute approximate surface area is 135 Å². The number of halogens is 1. The maximum absolute atomic E-state index is 12.2. The van der Waals surface area contributed by atoms with Gasteiger partial charge in [0.2, 0.25) is 0 Å². The molecule has 4 heteroatoms. The average molecular weight is 316 g/mol. The van der Waals surface area contributed by atoms with Crippen molar-refractivity contribution in [2.45, 2.75) is 25.3 Å². The second kappa shape index (κ2) is 6.41. The molecule has 0 heterocycles. The number of fused-ring (bicyclic) bond motifs is 1. The molecule has 0 saturated carbocycles. The number of anilines is 1. The van der Waals surface area contributed by atoms with Crippen LogP contribution in [0.2, 0.25) is 5.02 Å². The Morgan fingerprint density at radius 3 is 2.73 bits per heavy atom. The third-order valence-corrected chi connectivity index (χ3v) is 4.41. The van der Waals surface area contributed by atoms with Crippen LogP contribution in [-0.2, 0) is 22.4 Å². The zero-order chi connectivity index (χ0) is 15.5. The number of hydrogen-bond donors (Lipinski definition) is 1. The topological polar surface area (TPSA) is 38.3 Å². The van der Waals surface area contributed by atoms with Crippen molar-refractivity contribution in [3.05, 3.63) is 64.2 Å². The average Bonchev–Trinajstić information content (AvgIpc) is 3.00. The van der Waals surface area contributed by atoms with Gasteiger partial charge in [0.1, 0.15) is 0 Å². The lowest BCUT2D eigenvalue weighted by atomic mass is 10.1. The van der Waals surface area contributed by atoms with Crippen LogP contribution in [0.25, 0.3) is 0 Å². The van der Waals surface area contributed by atoms with Gasteiger partial charge >= 0.3 is 5.97 Å². The summed E-state index contributed by atoms with van der Waals surface area (Å²) in [5.74, 6) is -0.353. The van der Waals surface area contributed by atoms with E-state index in [-0.39, 0.29) is 5.97 Å². The highest BCUT2D eigenvalue weighted by atomic mass is 35.5. The van der Waals surface area contributed by atoms with Crippen LogP contribution in [0.4, 0.5) is 5.69 Å². The maximum Gasteiger partial charge on any atom is 0.333 e. The van der Waals surface area contributed by atoms with Crippen molar-refractivity contribution in [3.63, 3.8) is 0 Å². The summed E-state index contributed by atoms with van der Waals surface area (Å²) in [4.78, 5) is 12.2. The molecule has 2 aromatic rings. The number of esters is 1. The summed E-state index contributed by atoms with van der Waals surface area (Å²) >= 11 is 6.23. The van der Waals surface area contributed by atoms with Crippen molar-refractivity contribution < 1.29 is 9.53 Å². The van der Waals surface area contributed by atoms with Gasteiger partial charge in [-0.15, -0.1) is 0 Å². The van der Waals surface area contributed by atoms with E-state index in [1.54, 1.807) is 6.07 Å². The number of nitrogens with one attached hydrogen (secondary N) is 1. The van der Waals surface area contributed by atoms with E-state index >= 15 is 0 Å². The van der Waals surface area contributed by atoms with Crippen LogP contribution in [-0.4, -0.2) is 13.1 Å². The van der Waals surface area contributed by atoms with Crippen molar-refractivity contribution in [1.82, 2.24) is 0 Å². The summed E-state index contributed by atoms with van der Waals surface area (Å²) < 4.78 is 4.93. The van der Waals surface area contributed by atoms with E-state index < -0.39 is 6.04 Å². The number of carbonyl (C=O) groups excluding carboxylic acids is 1. The molecule has 0 saturated heterocycles. The Bertz CT molecular complexity index is 699. The summed E-state index contributed by atoms with van der Waals surface area (Å²) in [6, 6.07) is 13.0. The first kappa shape index (κ1) is 14.9. The van der Waals surface area contributed by atoms with Gasteiger partial charge in [-0.3, -0.25) is 0 Å². The van der Waals surface area contributed by atoms with Crippen molar-refractivity contribution in [2.75, 3.05) is 12.4 Å². The zero-order valence-corrected chi connectivity index (χ0v) is 13.2. The molecular formula is C18H18ClNO2. The SMILES string of the molecule is COC(=O)C(Nc1ccc2c(c1)CCC2)c1ccccc1Cl. The van der Waals surface area contributed by atoms with Gasteiger partial charge in [-0.1, -0.05) is 35.9 Å². The maximum atomic E-state index is 12.2. The van der Waals surface area contributed by atoms with E-state index in [9.17, 15) is 4.79 Å². The Hall–Kier alpha value is -2.00. The quantitative estimate of drug-likeness (QED) is 0.861. The summed E-state index contributed by atoms with van der Waals surface area (Å²) in [5.41, 5.74) is 4.39. The lowest BCUT2D eigenvalue weighted by molar-refractivity contribution is -0.141. The summed E-state index contributed by atoms with van der Waals surface area (Å²) in [7, 11) is 1.39. The molecule has 1 aliphatic carbocycles. The highest BCUT2D eigenvalue weighted by Crippen LogP contribution is 2.30. The van der Waals surface area contributed by atoms with E-state index in [2.05, 4.69) is 17.4 Å². The molecule has 0 aromatic heterocycles. The molecule has 1 unspecified atom stereocenters. The Balaban J connectivity index is 1.91. The molecular weight excluding hydrogens is 298 g/mol.